The van der Waals surface area contributed by atoms with Crippen LogP contribution in [0.5, 0.6) is 5.75 Å². The highest BCUT2D eigenvalue weighted by Crippen LogP contribution is 2.47. The number of halogens is 2. The number of carbonyl (C=O) groups excluding carboxylic acids is 2. The van der Waals surface area contributed by atoms with Gasteiger partial charge in [0.15, 0.2) is 5.78 Å². The fourth-order valence-electron chi connectivity index (χ4n) is 4.82. The number of aryl methyl sites for hydroxylation is 1. The number of ketones is 1. The Morgan fingerprint density at radius 2 is 1.97 bits per heavy atom. The molecule has 0 saturated carbocycles. The quantitative estimate of drug-likeness (QED) is 0.527. The molecule has 0 bridgehead atoms. The fraction of sp³-hybridized carbons (Fsp3) is 0.360. The second kappa shape index (κ2) is 8.45. The molecule has 0 radical (unpaired) electrons. The maximum Gasteiger partial charge on any atom is 0.224 e. The predicted octanol–water partition coefficient (Wildman–Crippen LogP) is 6.12. The van der Waals surface area contributed by atoms with Gasteiger partial charge < -0.3 is 15.3 Å². The molecule has 2 aromatic rings. The summed E-state index contributed by atoms with van der Waals surface area (Å²) in [5.41, 5.74) is 3.07. The van der Waals surface area contributed by atoms with Crippen LogP contribution in [0.4, 0.5) is 11.4 Å². The Hall–Kier alpha value is -2.50. The van der Waals surface area contributed by atoms with E-state index in [1.54, 1.807) is 35.2 Å². The summed E-state index contributed by atoms with van der Waals surface area (Å²) in [6.45, 7) is 5.59. The lowest BCUT2D eigenvalue weighted by Gasteiger charge is -2.36. The number of carbonyl (C=O) groups is 2. The summed E-state index contributed by atoms with van der Waals surface area (Å²) in [5, 5.41) is 15.0. The summed E-state index contributed by atoms with van der Waals surface area (Å²) in [4.78, 5) is 27.9. The van der Waals surface area contributed by atoms with Crippen LogP contribution in [-0.2, 0) is 16.0 Å². The maximum atomic E-state index is 13.4. The Balaban J connectivity index is 1.84. The molecule has 0 saturated heterocycles. The lowest BCUT2D eigenvalue weighted by Crippen LogP contribution is -2.44. The number of phenolic OH excluding ortho intramolecular Hbond substituents is 1. The van der Waals surface area contributed by atoms with Crippen molar-refractivity contribution in [2.75, 3.05) is 10.2 Å². The molecule has 2 aromatic carbocycles. The molecule has 1 aliphatic heterocycles. The number of phenols is 1. The number of hydrogen-bond donors (Lipinski definition) is 2. The van der Waals surface area contributed by atoms with Gasteiger partial charge in [-0.1, -0.05) is 49.2 Å². The normalized spacial score (nSPS) is 19.7. The zero-order valence-electron chi connectivity index (χ0n) is 18.3. The van der Waals surface area contributed by atoms with Crippen LogP contribution in [0.25, 0.3) is 0 Å². The highest BCUT2D eigenvalue weighted by atomic mass is 35.5. The molecule has 32 heavy (non-hydrogen) atoms. The Morgan fingerprint density at radius 1 is 1.22 bits per heavy atom. The van der Waals surface area contributed by atoms with E-state index in [1.165, 1.54) is 6.92 Å². The lowest BCUT2D eigenvalue weighted by atomic mass is 9.73. The van der Waals surface area contributed by atoms with Gasteiger partial charge in [0.05, 0.1) is 11.7 Å². The number of fused-ring (bicyclic) bond motifs is 1. The van der Waals surface area contributed by atoms with Crippen LogP contribution in [0.3, 0.4) is 0 Å². The number of hydrogen-bond acceptors (Lipinski definition) is 4. The Kier molecular flexibility index (Phi) is 5.99. The Bertz CT molecular complexity index is 1140. The van der Waals surface area contributed by atoms with E-state index >= 15 is 0 Å². The molecule has 168 valence electrons. The van der Waals surface area contributed by atoms with Crippen molar-refractivity contribution in [3.63, 3.8) is 0 Å². The van der Waals surface area contributed by atoms with Crippen LogP contribution in [-0.4, -0.2) is 22.8 Å². The fourth-order valence-corrected chi connectivity index (χ4v) is 5.32. The second-order valence-corrected chi connectivity index (χ2v) is 10.2. The van der Waals surface area contributed by atoms with Gasteiger partial charge in [0, 0.05) is 34.7 Å². The number of benzene rings is 2. The minimum Gasteiger partial charge on any atom is -0.506 e. The van der Waals surface area contributed by atoms with E-state index in [1.807, 2.05) is 6.07 Å². The summed E-state index contributed by atoms with van der Waals surface area (Å²) in [5.74, 6) is -0.135. The molecule has 1 atom stereocenters. The molecule has 1 unspecified atom stereocenters. The first-order valence-electron chi connectivity index (χ1n) is 10.7. The predicted molar refractivity (Wildman–Crippen MR) is 129 cm³/mol. The van der Waals surface area contributed by atoms with E-state index in [0.717, 1.165) is 11.3 Å². The zero-order valence-corrected chi connectivity index (χ0v) is 19.8. The van der Waals surface area contributed by atoms with Gasteiger partial charge >= 0.3 is 0 Å². The van der Waals surface area contributed by atoms with Crippen molar-refractivity contribution in [2.45, 2.75) is 52.5 Å². The highest BCUT2D eigenvalue weighted by Gasteiger charge is 2.42. The van der Waals surface area contributed by atoms with Crippen LogP contribution in [0.1, 0.15) is 45.6 Å². The number of amides is 1. The molecule has 0 aromatic heterocycles. The average molecular weight is 473 g/mol. The molecule has 4 rings (SSSR count). The standard InChI is InChI=1S/C25H26Cl2N2O3/c1-14(30)29-19(10-8-15-7-9-16(26)11-17(15)27)23-18(12-25(2,3)13-22(23)32)28-24-20(29)5-4-6-21(24)31/h4-7,9,11,19,28,31H,8,10,12-13H2,1-3H3. The Labute approximate surface area is 198 Å². The van der Waals surface area contributed by atoms with E-state index in [2.05, 4.69) is 19.2 Å². The SMILES string of the molecule is CC(=O)N1c2cccc(O)c2NC2=C(C(=O)CC(C)(C)C2)C1CCc1ccc(Cl)cc1Cl. The molecule has 1 amide bonds. The van der Waals surface area contributed by atoms with Crippen molar-refractivity contribution in [3.8, 4) is 5.75 Å². The maximum absolute atomic E-state index is 13.4. The van der Waals surface area contributed by atoms with Gasteiger partial charge in [-0.2, -0.15) is 0 Å². The van der Waals surface area contributed by atoms with E-state index in [0.29, 0.717) is 52.7 Å². The third-order valence-corrected chi connectivity index (χ3v) is 6.75. The summed E-state index contributed by atoms with van der Waals surface area (Å²) >= 11 is 12.4. The monoisotopic (exact) mass is 472 g/mol. The number of nitrogens with one attached hydrogen (secondary N) is 1. The first-order chi connectivity index (χ1) is 15.1. The number of Topliss-reactive ketones (excluding diaryl/α,β-unsaturated/α-hetero) is 1. The van der Waals surface area contributed by atoms with E-state index in [4.69, 9.17) is 23.2 Å². The van der Waals surface area contributed by atoms with Crippen LogP contribution in [0.2, 0.25) is 10.0 Å². The van der Waals surface area contributed by atoms with Crippen molar-refractivity contribution in [2.24, 2.45) is 5.41 Å². The molecular weight excluding hydrogens is 447 g/mol. The van der Waals surface area contributed by atoms with Crippen LogP contribution in [0.15, 0.2) is 47.7 Å². The van der Waals surface area contributed by atoms with Gasteiger partial charge in [0.2, 0.25) is 5.91 Å². The van der Waals surface area contributed by atoms with Gasteiger partial charge in [0.25, 0.3) is 0 Å². The molecule has 0 fully saturated rings. The summed E-state index contributed by atoms with van der Waals surface area (Å²) in [7, 11) is 0. The highest BCUT2D eigenvalue weighted by molar-refractivity contribution is 6.35. The van der Waals surface area contributed by atoms with Gasteiger partial charge in [-0.25, -0.2) is 0 Å². The molecule has 2 N–H and O–H groups in total. The largest absolute Gasteiger partial charge is 0.506 e. The van der Waals surface area contributed by atoms with Gasteiger partial charge in [-0.15, -0.1) is 0 Å². The van der Waals surface area contributed by atoms with Gasteiger partial charge in [-0.3, -0.25) is 9.59 Å². The minimum atomic E-state index is -0.478. The molecule has 5 nitrogen and oxygen atoms in total. The Morgan fingerprint density at radius 3 is 2.66 bits per heavy atom. The summed E-state index contributed by atoms with van der Waals surface area (Å²) in [6.07, 6.45) is 2.11. The summed E-state index contributed by atoms with van der Waals surface area (Å²) < 4.78 is 0. The third kappa shape index (κ3) is 4.24. The second-order valence-electron chi connectivity index (χ2n) is 9.31. The first kappa shape index (κ1) is 22.7. The number of allylic oxidation sites excluding steroid dienone is 1. The van der Waals surface area contributed by atoms with E-state index in [-0.39, 0.29) is 22.9 Å². The van der Waals surface area contributed by atoms with E-state index < -0.39 is 6.04 Å². The van der Waals surface area contributed by atoms with Crippen molar-refractivity contribution in [1.29, 1.82) is 0 Å². The van der Waals surface area contributed by atoms with Crippen LogP contribution in [0, 0.1) is 5.41 Å². The molecular formula is C25H26Cl2N2O3. The van der Waals surface area contributed by atoms with Crippen LogP contribution < -0.4 is 10.2 Å². The van der Waals surface area contributed by atoms with Gasteiger partial charge in [-0.05, 0) is 54.5 Å². The topological polar surface area (TPSA) is 69.6 Å². The van der Waals surface area contributed by atoms with Crippen molar-refractivity contribution < 1.29 is 14.7 Å². The lowest BCUT2D eigenvalue weighted by molar-refractivity contribution is -0.118. The first-order valence-corrected chi connectivity index (χ1v) is 11.4. The molecule has 0 spiro atoms. The number of aromatic hydroxyl groups is 1. The van der Waals surface area contributed by atoms with Gasteiger partial charge in [0.1, 0.15) is 11.4 Å². The number of rotatable bonds is 3. The van der Waals surface area contributed by atoms with E-state index in [9.17, 15) is 14.7 Å². The van der Waals surface area contributed by atoms with Crippen LogP contribution >= 0.6 is 23.2 Å². The average Bonchev–Trinajstić information content (AvgIpc) is 2.81. The number of nitrogens with zero attached hydrogens (tertiary/aromatic N) is 1. The van der Waals surface area contributed by atoms with Crippen molar-refractivity contribution in [1.82, 2.24) is 0 Å². The molecule has 2 aliphatic rings. The third-order valence-electron chi connectivity index (χ3n) is 6.16. The molecule has 1 aliphatic carbocycles. The molecule has 7 heteroatoms. The number of anilines is 2. The number of para-hydroxylation sites is 1. The zero-order chi connectivity index (χ0) is 23.2. The smallest absolute Gasteiger partial charge is 0.224 e. The van der Waals surface area contributed by atoms with Crippen molar-refractivity contribution >= 4 is 46.3 Å². The minimum absolute atomic E-state index is 0.0227. The summed E-state index contributed by atoms with van der Waals surface area (Å²) in [6, 6.07) is 9.95. The van der Waals surface area contributed by atoms with Crippen molar-refractivity contribution in [3.05, 3.63) is 63.3 Å². The molecule has 1 heterocycles.